The van der Waals surface area contributed by atoms with Crippen molar-refractivity contribution < 1.29 is 4.79 Å². The minimum Gasteiger partial charge on any atom is -0.342 e. The fraction of sp³-hybridized carbons (Fsp3) is 0.833. The average molecular weight is 275 g/mol. The molecule has 0 aromatic rings. The van der Waals surface area contributed by atoms with Crippen LogP contribution < -0.4 is 0 Å². The summed E-state index contributed by atoms with van der Waals surface area (Å²) in [7, 11) is 0. The van der Waals surface area contributed by atoms with Gasteiger partial charge < -0.3 is 4.90 Å². The second-order valence-electron chi connectivity index (χ2n) is 7.39. The van der Waals surface area contributed by atoms with Crippen molar-refractivity contribution in [3.05, 3.63) is 11.6 Å². The standard InChI is InChI=1S/C18H29NO/c1-4-19(18(20)14-6-7-14)11-15-10-17(15)16-8-5-12(2)9-13(16)3/h9,13-17H,4-8,10-11H2,1-3H3/t13?,15-,16?,17?/m1/s1. The molecule has 1 amide bonds. The van der Waals surface area contributed by atoms with Crippen LogP contribution in [0.15, 0.2) is 11.6 Å². The van der Waals surface area contributed by atoms with Gasteiger partial charge in [-0.1, -0.05) is 18.6 Å². The lowest BCUT2D eigenvalue weighted by atomic mass is 9.78. The number of hydrogen-bond donors (Lipinski definition) is 0. The highest BCUT2D eigenvalue weighted by atomic mass is 16.2. The zero-order valence-electron chi connectivity index (χ0n) is 13.3. The van der Waals surface area contributed by atoms with Crippen molar-refractivity contribution in [3.8, 4) is 0 Å². The molecule has 3 rings (SSSR count). The quantitative estimate of drug-likeness (QED) is 0.697. The molecular formula is C18H29NO. The minimum atomic E-state index is 0.381. The predicted molar refractivity (Wildman–Crippen MR) is 82.2 cm³/mol. The van der Waals surface area contributed by atoms with E-state index in [2.05, 4.69) is 31.7 Å². The minimum absolute atomic E-state index is 0.381. The van der Waals surface area contributed by atoms with Crippen LogP contribution in [-0.2, 0) is 4.79 Å². The molecule has 2 heteroatoms. The lowest BCUT2D eigenvalue weighted by Crippen LogP contribution is -2.34. The first-order chi connectivity index (χ1) is 9.60. The van der Waals surface area contributed by atoms with Crippen molar-refractivity contribution in [1.29, 1.82) is 0 Å². The molecule has 2 saturated carbocycles. The average Bonchev–Trinajstić information content (AvgIpc) is 3.29. The van der Waals surface area contributed by atoms with Crippen LogP contribution in [0.4, 0.5) is 0 Å². The summed E-state index contributed by atoms with van der Waals surface area (Å²) in [5, 5.41) is 0. The van der Waals surface area contributed by atoms with Crippen LogP contribution in [0.1, 0.15) is 52.9 Å². The zero-order valence-corrected chi connectivity index (χ0v) is 13.3. The van der Waals surface area contributed by atoms with Gasteiger partial charge in [0.15, 0.2) is 0 Å². The van der Waals surface area contributed by atoms with Crippen LogP contribution >= 0.6 is 0 Å². The van der Waals surface area contributed by atoms with Crippen LogP contribution in [0.5, 0.6) is 0 Å². The summed E-state index contributed by atoms with van der Waals surface area (Å²) in [6.45, 7) is 8.72. The molecule has 3 unspecified atom stereocenters. The molecule has 112 valence electrons. The van der Waals surface area contributed by atoms with Crippen molar-refractivity contribution in [3.63, 3.8) is 0 Å². The lowest BCUT2D eigenvalue weighted by molar-refractivity contribution is -0.132. The maximum atomic E-state index is 12.2. The molecule has 0 aliphatic heterocycles. The third-order valence-electron chi connectivity index (χ3n) is 5.70. The van der Waals surface area contributed by atoms with Gasteiger partial charge in [-0.05, 0) is 69.6 Å². The van der Waals surface area contributed by atoms with E-state index >= 15 is 0 Å². The molecule has 3 aliphatic rings. The summed E-state index contributed by atoms with van der Waals surface area (Å²) in [6.07, 6.45) is 8.76. The van der Waals surface area contributed by atoms with Gasteiger partial charge in [0.1, 0.15) is 0 Å². The van der Waals surface area contributed by atoms with Crippen LogP contribution in [0.3, 0.4) is 0 Å². The second kappa shape index (κ2) is 5.54. The van der Waals surface area contributed by atoms with E-state index in [0.717, 1.165) is 49.6 Å². The zero-order chi connectivity index (χ0) is 14.3. The summed E-state index contributed by atoms with van der Waals surface area (Å²) < 4.78 is 0. The highest BCUT2D eigenvalue weighted by molar-refractivity contribution is 5.81. The molecule has 0 heterocycles. The van der Waals surface area contributed by atoms with E-state index in [-0.39, 0.29) is 0 Å². The summed E-state index contributed by atoms with van der Waals surface area (Å²) in [4.78, 5) is 14.3. The Morgan fingerprint density at radius 1 is 1.30 bits per heavy atom. The van der Waals surface area contributed by atoms with Gasteiger partial charge in [0.05, 0.1) is 0 Å². The number of amides is 1. The summed E-state index contributed by atoms with van der Waals surface area (Å²) in [5.74, 6) is 4.11. The van der Waals surface area contributed by atoms with Gasteiger partial charge in [-0.15, -0.1) is 0 Å². The highest BCUT2D eigenvalue weighted by Crippen LogP contribution is 2.51. The summed E-state index contributed by atoms with van der Waals surface area (Å²) in [6, 6.07) is 0. The monoisotopic (exact) mass is 275 g/mol. The van der Waals surface area contributed by atoms with Gasteiger partial charge in [-0.25, -0.2) is 0 Å². The van der Waals surface area contributed by atoms with Crippen LogP contribution in [0.25, 0.3) is 0 Å². The summed E-state index contributed by atoms with van der Waals surface area (Å²) >= 11 is 0. The molecule has 0 bridgehead atoms. The number of carbonyl (C=O) groups excluding carboxylic acids is 1. The number of nitrogens with zero attached hydrogens (tertiary/aromatic N) is 1. The Morgan fingerprint density at radius 2 is 2.05 bits per heavy atom. The van der Waals surface area contributed by atoms with Crippen molar-refractivity contribution >= 4 is 5.91 Å². The Balaban J connectivity index is 1.52. The molecule has 2 fully saturated rings. The van der Waals surface area contributed by atoms with Crippen molar-refractivity contribution in [2.45, 2.75) is 52.9 Å². The Labute approximate surface area is 123 Å². The van der Waals surface area contributed by atoms with Crippen LogP contribution in [0, 0.1) is 29.6 Å². The summed E-state index contributed by atoms with van der Waals surface area (Å²) in [5.41, 5.74) is 1.57. The van der Waals surface area contributed by atoms with E-state index in [0.29, 0.717) is 11.8 Å². The Morgan fingerprint density at radius 3 is 2.65 bits per heavy atom. The van der Waals surface area contributed by atoms with Gasteiger partial charge >= 0.3 is 0 Å². The van der Waals surface area contributed by atoms with Gasteiger partial charge in [0, 0.05) is 19.0 Å². The largest absolute Gasteiger partial charge is 0.342 e. The van der Waals surface area contributed by atoms with E-state index in [1.54, 1.807) is 5.57 Å². The molecule has 4 atom stereocenters. The fourth-order valence-corrected chi connectivity index (χ4v) is 4.17. The maximum absolute atomic E-state index is 12.2. The first-order valence-electron chi connectivity index (χ1n) is 8.56. The van der Waals surface area contributed by atoms with E-state index in [4.69, 9.17) is 0 Å². The molecule has 0 aromatic carbocycles. The molecule has 0 saturated heterocycles. The van der Waals surface area contributed by atoms with Gasteiger partial charge in [0.25, 0.3) is 0 Å². The molecule has 3 aliphatic carbocycles. The van der Waals surface area contributed by atoms with E-state index < -0.39 is 0 Å². The number of allylic oxidation sites excluding steroid dienone is 2. The first kappa shape index (κ1) is 14.2. The van der Waals surface area contributed by atoms with Crippen molar-refractivity contribution in [2.75, 3.05) is 13.1 Å². The highest BCUT2D eigenvalue weighted by Gasteiger charge is 2.46. The Kier molecular flexibility index (Phi) is 3.92. The second-order valence-corrected chi connectivity index (χ2v) is 7.39. The molecule has 0 N–H and O–H groups in total. The predicted octanol–water partition coefficient (Wildman–Crippen LogP) is 3.87. The number of rotatable bonds is 5. The van der Waals surface area contributed by atoms with Gasteiger partial charge in [0.2, 0.25) is 5.91 Å². The SMILES string of the molecule is CCN(C[C@H]1CC1C1CCC(C)=CC1C)C(=O)C1CC1. The Bertz CT molecular complexity index is 410. The van der Waals surface area contributed by atoms with Crippen LogP contribution in [-0.4, -0.2) is 23.9 Å². The van der Waals surface area contributed by atoms with E-state index in [1.165, 1.54) is 19.3 Å². The molecule has 0 spiro atoms. The molecule has 2 nitrogen and oxygen atoms in total. The molecule has 0 aromatic heterocycles. The Hall–Kier alpha value is -0.790. The normalized spacial score (nSPS) is 36.5. The molecular weight excluding hydrogens is 246 g/mol. The third-order valence-corrected chi connectivity index (χ3v) is 5.70. The topological polar surface area (TPSA) is 20.3 Å². The van der Waals surface area contributed by atoms with E-state index in [9.17, 15) is 4.79 Å². The lowest BCUT2D eigenvalue weighted by Gasteiger charge is -2.28. The number of carbonyl (C=O) groups is 1. The smallest absolute Gasteiger partial charge is 0.225 e. The fourth-order valence-electron chi connectivity index (χ4n) is 4.17. The van der Waals surface area contributed by atoms with Gasteiger partial charge in [-0.2, -0.15) is 0 Å². The van der Waals surface area contributed by atoms with E-state index in [1.807, 2.05) is 0 Å². The van der Waals surface area contributed by atoms with Crippen LogP contribution in [0.2, 0.25) is 0 Å². The number of hydrogen-bond acceptors (Lipinski definition) is 1. The van der Waals surface area contributed by atoms with Crippen molar-refractivity contribution in [1.82, 2.24) is 4.90 Å². The third kappa shape index (κ3) is 2.94. The molecule has 0 radical (unpaired) electrons. The van der Waals surface area contributed by atoms with Gasteiger partial charge in [-0.3, -0.25) is 4.79 Å². The van der Waals surface area contributed by atoms with Crippen molar-refractivity contribution in [2.24, 2.45) is 29.6 Å². The maximum Gasteiger partial charge on any atom is 0.225 e. The molecule has 20 heavy (non-hydrogen) atoms. The first-order valence-corrected chi connectivity index (χ1v) is 8.56.